The minimum absolute atomic E-state index is 0.0236. The number of aromatic nitrogens is 2. The average Bonchev–Trinajstić information content (AvgIpc) is 2.89. The molecular weight excluding hydrogens is 284 g/mol. The molecule has 0 radical (unpaired) electrons. The third-order valence-electron chi connectivity index (χ3n) is 3.13. The molecule has 1 atom stereocenters. The van der Waals surface area contributed by atoms with Gasteiger partial charge in [0.05, 0.1) is 19.1 Å². The first-order chi connectivity index (χ1) is 10.3. The number of hydrogen-bond donors (Lipinski definition) is 3. The predicted octanol–water partition coefficient (Wildman–Crippen LogP) is -0.517. The number of amides is 2. The number of carbonyl (C=O) groups is 2. The highest BCUT2D eigenvalue weighted by Gasteiger charge is 2.17. The van der Waals surface area contributed by atoms with Crippen LogP contribution in [0.1, 0.15) is 13.8 Å². The maximum Gasteiger partial charge on any atom is 0.244 e. The van der Waals surface area contributed by atoms with Gasteiger partial charge in [-0.05, 0) is 20.0 Å². The minimum Gasteiger partial charge on any atom is -0.346 e. The fourth-order valence-electron chi connectivity index (χ4n) is 1.63. The Labute approximate surface area is 131 Å². The lowest BCUT2D eigenvalue weighted by Gasteiger charge is -2.14. The molecule has 0 unspecified atom stereocenters. The van der Waals surface area contributed by atoms with Crippen LogP contribution in [-0.2, 0) is 16.1 Å². The summed E-state index contributed by atoms with van der Waals surface area (Å²) < 4.78 is 1.75. The van der Waals surface area contributed by atoms with Crippen LogP contribution in [-0.4, -0.2) is 59.7 Å². The molecule has 0 aliphatic carbocycles. The van der Waals surface area contributed by atoms with E-state index in [4.69, 9.17) is 5.73 Å². The Hall–Kier alpha value is -1.93. The second kappa shape index (κ2) is 8.50. The van der Waals surface area contributed by atoms with Crippen molar-refractivity contribution in [1.82, 2.24) is 20.0 Å². The van der Waals surface area contributed by atoms with Crippen LogP contribution in [0.25, 0.3) is 0 Å². The van der Waals surface area contributed by atoms with Crippen molar-refractivity contribution in [1.29, 1.82) is 0 Å². The number of nitrogens with two attached hydrogens (primary N) is 1. The molecule has 0 saturated carbocycles. The molecule has 0 bridgehead atoms. The number of nitrogens with one attached hydrogen (secondary N) is 2. The summed E-state index contributed by atoms with van der Waals surface area (Å²) in [6, 6.07) is 1.10. The van der Waals surface area contributed by atoms with Gasteiger partial charge in [0.2, 0.25) is 11.8 Å². The molecule has 8 heteroatoms. The number of anilines is 1. The Balaban J connectivity index is 2.37. The van der Waals surface area contributed by atoms with Crippen LogP contribution >= 0.6 is 0 Å². The summed E-state index contributed by atoms with van der Waals surface area (Å²) in [7, 11) is 3.97. The summed E-state index contributed by atoms with van der Waals surface area (Å²) in [5.74, 6) is -0.176. The molecule has 124 valence electrons. The van der Waals surface area contributed by atoms with Crippen molar-refractivity contribution >= 4 is 17.6 Å². The zero-order valence-electron chi connectivity index (χ0n) is 13.7. The van der Waals surface area contributed by atoms with Gasteiger partial charge in [-0.3, -0.25) is 14.3 Å². The van der Waals surface area contributed by atoms with Crippen LogP contribution in [0.4, 0.5) is 5.82 Å². The normalized spacial score (nSPS) is 12.5. The van der Waals surface area contributed by atoms with Crippen molar-refractivity contribution in [3.8, 4) is 0 Å². The summed E-state index contributed by atoms with van der Waals surface area (Å²) in [5.41, 5.74) is 5.70. The lowest BCUT2D eigenvalue weighted by Crippen LogP contribution is -2.46. The number of carbonyl (C=O) groups excluding carboxylic acids is 2. The number of likely N-dealkylation sites (N-methyl/N-ethyl adjacent to an activating group) is 1. The lowest BCUT2D eigenvalue weighted by molar-refractivity contribution is -0.125. The number of rotatable bonds is 8. The number of nitrogens with zero attached hydrogens (tertiary/aromatic N) is 3. The Bertz CT molecular complexity index is 497. The van der Waals surface area contributed by atoms with Crippen LogP contribution in [0.5, 0.6) is 0 Å². The Morgan fingerprint density at radius 2 is 2.09 bits per heavy atom. The standard InChI is InChI=1S/C14H26N6O2/c1-10(2)13(15)14(22)16-9-12(21)17-11-5-6-20(18-11)8-7-19(3)4/h5-6,10,13H,7-9,15H2,1-4H3,(H,16,22)(H,17,18,21)/t13-/m0/s1. The molecule has 2 amide bonds. The second-order valence-electron chi connectivity index (χ2n) is 5.80. The number of hydrogen-bond acceptors (Lipinski definition) is 5. The van der Waals surface area contributed by atoms with Crippen molar-refractivity contribution < 1.29 is 9.59 Å². The van der Waals surface area contributed by atoms with Crippen molar-refractivity contribution in [3.05, 3.63) is 12.3 Å². The fraction of sp³-hybridized carbons (Fsp3) is 0.643. The summed E-state index contributed by atoms with van der Waals surface area (Å²) in [5, 5.41) is 9.38. The topological polar surface area (TPSA) is 105 Å². The summed E-state index contributed by atoms with van der Waals surface area (Å²) in [6.07, 6.45) is 1.80. The van der Waals surface area contributed by atoms with Gasteiger partial charge in [-0.25, -0.2) is 0 Å². The molecule has 0 fully saturated rings. The van der Waals surface area contributed by atoms with E-state index in [1.54, 1.807) is 16.9 Å². The van der Waals surface area contributed by atoms with Gasteiger partial charge >= 0.3 is 0 Å². The summed E-state index contributed by atoms with van der Waals surface area (Å²) in [4.78, 5) is 25.5. The molecular formula is C14H26N6O2. The van der Waals surface area contributed by atoms with Crippen LogP contribution in [0.3, 0.4) is 0 Å². The molecule has 4 N–H and O–H groups in total. The van der Waals surface area contributed by atoms with E-state index >= 15 is 0 Å². The highest BCUT2D eigenvalue weighted by Crippen LogP contribution is 2.02. The smallest absolute Gasteiger partial charge is 0.244 e. The monoisotopic (exact) mass is 310 g/mol. The molecule has 1 heterocycles. The van der Waals surface area contributed by atoms with Gasteiger partial charge in [-0.1, -0.05) is 13.8 Å². The molecule has 1 aromatic rings. The molecule has 0 spiro atoms. The van der Waals surface area contributed by atoms with Crippen molar-refractivity contribution in [2.75, 3.05) is 32.5 Å². The third kappa shape index (κ3) is 6.23. The first-order valence-corrected chi connectivity index (χ1v) is 7.31. The van der Waals surface area contributed by atoms with E-state index in [0.717, 1.165) is 13.1 Å². The third-order valence-corrected chi connectivity index (χ3v) is 3.13. The molecule has 0 aromatic carbocycles. The van der Waals surface area contributed by atoms with Crippen LogP contribution in [0, 0.1) is 5.92 Å². The Kier molecular flexibility index (Phi) is 7.00. The lowest BCUT2D eigenvalue weighted by atomic mass is 10.1. The zero-order valence-corrected chi connectivity index (χ0v) is 13.7. The quantitative estimate of drug-likeness (QED) is 0.599. The first-order valence-electron chi connectivity index (χ1n) is 7.31. The average molecular weight is 310 g/mol. The predicted molar refractivity (Wildman–Crippen MR) is 85.2 cm³/mol. The van der Waals surface area contributed by atoms with Crippen molar-refractivity contribution in [2.45, 2.75) is 26.4 Å². The molecule has 1 aromatic heterocycles. The van der Waals surface area contributed by atoms with E-state index in [9.17, 15) is 9.59 Å². The van der Waals surface area contributed by atoms with Gasteiger partial charge in [0.15, 0.2) is 5.82 Å². The van der Waals surface area contributed by atoms with E-state index in [0.29, 0.717) is 5.82 Å². The second-order valence-corrected chi connectivity index (χ2v) is 5.80. The fourth-order valence-corrected chi connectivity index (χ4v) is 1.63. The van der Waals surface area contributed by atoms with Gasteiger partial charge in [-0.2, -0.15) is 5.10 Å². The Morgan fingerprint density at radius 1 is 1.41 bits per heavy atom. The van der Waals surface area contributed by atoms with E-state index < -0.39 is 6.04 Å². The van der Waals surface area contributed by atoms with Gasteiger partial charge in [0, 0.05) is 18.8 Å². The minimum atomic E-state index is -0.613. The summed E-state index contributed by atoms with van der Waals surface area (Å²) in [6.45, 7) is 5.18. The van der Waals surface area contributed by atoms with Crippen LogP contribution in [0.2, 0.25) is 0 Å². The van der Waals surface area contributed by atoms with Gasteiger partial charge in [-0.15, -0.1) is 0 Å². The van der Waals surface area contributed by atoms with Crippen LogP contribution < -0.4 is 16.4 Å². The van der Waals surface area contributed by atoms with E-state index in [-0.39, 0.29) is 24.3 Å². The molecule has 8 nitrogen and oxygen atoms in total. The largest absolute Gasteiger partial charge is 0.346 e. The Morgan fingerprint density at radius 3 is 2.68 bits per heavy atom. The highest BCUT2D eigenvalue weighted by molar-refractivity contribution is 5.94. The van der Waals surface area contributed by atoms with E-state index in [1.807, 2.05) is 32.8 Å². The van der Waals surface area contributed by atoms with Gasteiger partial charge < -0.3 is 21.3 Å². The molecule has 0 aliphatic heterocycles. The molecule has 0 saturated heterocycles. The van der Waals surface area contributed by atoms with Crippen molar-refractivity contribution in [3.63, 3.8) is 0 Å². The van der Waals surface area contributed by atoms with Gasteiger partial charge in [0.1, 0.15) is 0 Å². The molecule has 22 heavy (non-hydrogen) atoms. The highest BCUT2D eigenvalue weighted by atomic mass is 16.2. The van der Waals surface area contributed by atoms with Crippen molar-refractivity contribution in [2.24, 2.45) is 11.7 Å². The van der Waals surface area contributed by atoms with Crippen LogP contribution in [0.15, 0.2) is 12.3 Å². The zero-order chi connectivity index (χ0) is 16.7. The van der Waals surface area contributed by atoms with E-state index in [2.05, 4.69) is 15.7 Å². The van der Waals surface area contributed by atoms with Gasteiger partial charge in [0.25, 0.3) is 0 Å². The molecule has 0 aliphatic rings. The van der Waals surface area contributed by atoms with E-state index in [1.165, 1.54) is 0 Å². The maximum absolute atomic E-state index is 11.8. The summed E-state index contributed by atoms with van der Waals surface area (Å²) >= 11 is 0. The first kappa shape index (κ1) is 18.1. The maximum atomic E-state index is 11.8. The SMILES string of the molecule is CC(C)[C@H](N)C(=O)NCC(=O)Nc1ccn(CCN(C)C)n1. The molecule has 1 rings (SSSR count).